The molecule has 0 saturated heterocycles. The highest BCUT2D eigenvalue weighted by Gasteiger charge is 1.96. The van der Waals surface area contributed by atoms with Crippen molar-refractivity contribution in [2.24, 2.45) is 0 Å². The Morgan fingerprint density at radius 1 is 1.31 bits per heavy atom. The van der Waals surface area contributed by atoms with Crippen LogP contribution in [0.3, 0.4) is 0 Å². The molecule has 0 atom stereocenters. The summed E-state index contributed by atoms with van der Waals surface area (Å²) in [6, 6.07) is 12.0. The minimum Gasteiger partial charge on any atom is -0.487 e. The summed E-state index contributed by atoms with van der Waals surface area (Å²) in [5.41, 5.74) is 0.785. The lowest BCUT2D eigenvalue weighted by Crippen LogP contribution is -1.94. The maximum atomic E-state index is 5.41. The van der Waals surface area contributed by atoms with Crippen LogP contribution in [-0.2, 0) is 6.61 Å². The van der Waals surface area contributed by atoms with Gasteiger partial charge in [0.1, 0.15) is 24.3 Å². The first-order valence-corrected chi connectivity index (χ1v) is 3.93. The van der Waals surface area contributed by atoms with Crippen molar-refractivity contribution in [1.29, 1.82) is 0 Å². The summed E-state index contributed by atoms with van der Waals surface area (Å²) >= 11 is 0. The number of hydrogen-bond donors (Lipinski definition) is 0. The molecule has 1 radical (unpaired) electrons. The van der Waals surface area contributed by atoms with Gasteiger partial charge in [-0.05, 0) is 18.2 Å². The summed E-state index contributed by atoms with van der Waals surface area (Å²) in [4.78, 5) is 0. The van der Waals surface area contributed by atoms with E-state index < -0.39 is 0 Å². The van der Waals surface area contributed by atoms with E-state index in [1.165, 1.54) is 6.26 Å². The van der Waals surface area contributed by atoms with Crippen LogP contribution >= 0.6 is 0 Å². The van der Waals surface area contributed by atoms with E-state index >= 15 is 0 Å². The Morgan fingerprint density at radius 2 is 2.15 bits per heavy atom. The third-order valence-electron chi connectivity index (χ3n) is 1.57. The van der Waals surface area contributed by atoms with Crippen LogP contribution in [0.2, 0.25) is 0 Å². The standard InChI is InChI=1S/C10H8NO2/c1-2-4-10(5-3-1)12-8-9-6-7-13-11-9/h2-7H,8H2. The van der Waals surface area contributed by atoms with E-state index in [2.05, 4.69) is 15.7 Å². The van der Waals surface area contributed by atoms with E-state index in [0.717, 1.165) is 11.4 Å². The van der Waals surface area contributed by atoms with Crippen LogP contribution in [0.25, 0.3) is 0 Å². The van der Waals surface area contributed by atoms with Gasteiger partial charge in [0.05, 0.1) is 0 Å². The van der Waals surface area contributed by atoms with Gasteiger partial charge in [0.2, 0.25) is 0 Å². The molecule has 0 amide bonds. The minimum atomic E-state index is 0.431. The first kappa shape index (κ1) is 7.86. The molecule has 2 rings (SSSR count). The van der Waals surface area contributed by atoms with E-state index in [1.807, 2.05) is 12.1 Å². The van der Waals surface area contributed by atoms with E-state index in [0.29, 0.717) is 6.61 Å². The number of aromatic nitrogens is 1. The first-order chi connectivity index (χ1) is 6.45. The van der Waals surface area contributed by atoms with Gasteiger partial charge in [-0.25, -0.2) is 0 Å². The predicted molar refractivity (Wildman–Crippen MR) is 46.1 cm³/mol. The Bertz CT molecular complexity index is 342. The summed E-state index contributed by atoms with van der Waals surface area (Å²) in [5, 5.41) is 3.72. The highest BCUT2D eigenvalue weighted by molar-refractivity contribution is 5.20. The summed E-state index contributed by atoms with van der Waals surface area (Å²) in [6.07, 6.45) is 1.53. The molecule has 0 unspecified atom stereocenters. The lowest BCUT2D eigenvalue weighted by atomic mass is 10.3. The SMILES string of the molecule is [c]1ccc(OCc2ccon2)cc1. The van der Waals surface area contributed by atoms with Crippen molar-refractivity contribution in [1.82, 2.24) is 5.16 Å². The molecule has 0 N–H and O–H groups in total. The van der Waals surface area contributed by atoms with Gasteiger partial charge in [-0.15, -0.1) is 0 Å². The van der Waals surface area contributed by atoms with Crippen LogP contribution < -0.4 is 4.74 Å². The minimum absolute atomic E-state index is 0.431. The molecular weight excluding hydrogens is 166 g/mol. The van der Waals surface area contributed by atoms with Gasteiger partial charge in [0.25, 0.3) is 0 Å². The van der Waals surface area contributed by atoms with Gasteiger partial charge in [0, 0.05) is 6.07 Å². The molecule has 0 spiro atoms. The van der Waals surface area contributed by atoms with Crippen LogP contribution in [0, 0.1) is 6.07 Å². The summed E-state index contributed by atoms with van der Waals surface area (Å²) in [5.74, 6) is 0.807. The molecule has 0 aliphatic heterocycles. The zero-order chi connectivity index (χ0) is 8.93. The Morgan fingerprint density at radius 3 is 2.85 bits per heavy atom. The summed E-state index contributed by atoms with van der Waals surface area (Å²) < 4.78 is 10.1. The van der Waals surface area contributed by atoms with E-state index in [9.17, 15) is 0 Å². The molecule has 3 nitrogen and oxygen atoms in total. The number of benzene rings is 1. The lowest BCUT2D eigenvalue weighted by molar-refractivity contribution is 0.289. The number of rotatable bonds is 3. The topological polar surface area (TPSA) is 35.3 Å². The van der Waals surface area contributed by atoms with Crippen LogP contribution in [0.5, 0.6) is 5.75 Å². The van der Waals surface area contributed by atoms with E-state index in [1.54, 1.807) is 18.2 Å². The third kappa shape index (κ3) is 2.08. The average Bonchev–Trinajstić information content (AvgIpc) is 2.69. The molecule has 1 aromatic carbocycles. The maximum absolute atomic E-state index is 5.41. The largest absolute Gasteiger partial charge is 0.487 e. The quantitative estimate of drug-likeness (QED) is 0.714. The van der Waals surface area contributed by atoms with Crippen LogP contribution in [0.15, 0.2) is 41.1 Å². The fourth-order valence-corrected chi connectivity index (χ4v) is 0.937. The van der Waals surface area contributed by atoms with Gasteiger partial charge in [-0.1, -0.05) is 17.3 Å². The van der Waals surface area contributed by atoms with E-state index in [4.69, 9.17) is 4.74 Å². The molecule has 0 saturated carbocycles. The van der Waals surface area contributed by atoms with Crippen LogP contribution in [0.4, 0.5) is 0 Å². The molecule has 0 fully saturated rings. The van der Waals surface area contributed by atoms with Gasteiger partial charge in [-0.2, -0.15) is 0 Å². The zero-order valence-corrected chi connectivity index (χ0v) is 6.93. The van der Waals surface area contributed by atoms with E-state index in [-0.39, 0.29) is 0 Å². The third-order valence-corrected chi connectivity index (χ3v) is 1.57. The molecule has 1 aromatic heterocycles. The highest BCUT2D eigenvalue weighted by Crippen LogP contribution is 2.09. The van der Waals surface area contributed by atoms with Gasteiger partial charge in [-0.3, -0.25) is 0 Å². The second kappa shape index (κ2) is 3.76. The molecule has 3 heteroatoms. The Hall–Kier alpha value is -1.77. The van der Waals surface area contributed by atoms with Crippen molar-refractivity contribution < 1.29 is 9.26 Å². The van der Waals surface area contributed by atoms with Crippen molar-refractivity contribution in [2.45, 2.75) is 6.61 Å². The van der Waals surface area contributed by atoms with Crippen molar-refractivity contribution in [3.63, 3.8) is 0 Å². The summed E-state index contributed by atoms with van der Waals surface area (Å²) in [6.45, 7) is 0.431. The van der Waals surface area contributed by atoms with Crippen molar-refractivity contribution in [3.05, 3.63) is 48.4 Å². The molecule has 1 heterocycles. The first-order valence-electron chi connectivity index (χ1n) is 3.93. The molecule has 0 aliphatic carbocycles. The molecule has 13 heavy (non-hydrogen) atoms. The monoisotopic (exact) mass is 174 g/mol. The van der Waals surface area contributed by atoms with Gasteiger partial charge >= 0.3 is 0 Å². The molecule has 2 aromatic rings. The lowest BCUT2D eigenvalue weighted by Gasteiger charge is -2.01. The number of nitrogens with zero attached hydrogens (tertiary/aromatic N) is 1. The van der Waals surface area contributed by atoms with Crippen LogP contribution in [-0.4, -0.2) is 5.16 Å². The zero-order valence-electron chi connectivity index (χ0n) is 6.93. The van der Waals surface area contributed by atoms with Gasteiger partial charge < -0.3 is 9.26 Å². The van der Waals surface area contributed by atoms with Gasteiger partial charge in [0.15, 0.2) is 0 Å². The summed E-state index contributed by atoms with van der Waals surface area (Å²) in [7, 11) is 0. The van der Waals surface area contributed by atoms with Crippen molar-refractivity contribution in [3.8, 4) is 5.75 Å². The molecule has 0 aliphatic rings. The van der Waals surface area contributed by atoms with Crippen molar-refractivity contribution >= 4 is 0 Å². The fourth-order valence-electron chi connectivity index (χ4n) is 0.937. The normalized spacial score (nSPS) is 9.85. The van der Waals surface area contributed by atoms with Crippen LogP contribution in [0.1, 0.15) is 5.69 Å². The molecular formula is C10H8NO2. The van der Waals surface area contributed by atoms with Crippen molar-refractivity contribution in [2.75, 3.05) is 0 Å². The Balaban J connectivity index is 1.94. The maximum Gasteiger partial charge on any atom is 0.134 e. The molecule has 65 valence electrons. The highest BCUT2D eigenvalue weighted by atomic mass is 16.5. The molecule has 0 bridgehead atoms. The average molecular weight is 174 g/mol. The smallest absolute Gasteiger partial charge is 0.134 e. The number of ether oxygens (including phenoxy) is 1. The fraction of sp³-hybridized carbons (Fsp3) is 0.100. The number of hydrogen-bond acceptors (Lipinski definition) is 3. The second-order valence-corrected chi connectivity index (χ2v) is 2.52. The second-order valence-electron chi connectivity index (χ2n) is 2.52. The Kier molecular flexibility index (Phi) is 2.27. The predicted octanol–water partition coefficient (Wildman–Crippen LogP) is 2.05. The Labute approximate surface area is 75.9 Å².